The summed E-state index contributed by atoms with van der Waals surface area (Å²) in [5.74, 6) is 1.24. The molecule has 1 aromatic heterocycles. The number of likely N-dealkylation sites (tertiary alicyclic amines) is 1. The van der Waals surface area contributed by atoms with Crippen LogP contribution >= 0.6 is 0 Å². The highest BCUT2D eigenvalue weighted by Gasteiger charge is 2.21. The average molecular weight is 324 g/mol. The molecule has 1 aliphatic rings. The SMILES string of the molecule is Cc1ccc(Nc2ncc(C(=O)N3CCC(C)CC3)cn2)c(C)c1. The standard InChI is InChI=1S/C19H24N4O/c1-13-6-8-23(9-7-13)18(24)16-11-20-19(21-12-16)22-17-5-4-14(2)10-15(17)3/h4-5,10-13H,6-9H2,1-3H3,(H,20,21,22). The zero-order valence-corrected chi connectivity index (χ0v) is 14.5. The molecule has 3 rings (SSSR count). The number of rotatable bonds is 3. The highest BCUT2D eigenvalue weighted by Crippen LogP contribution is 2.20. The molecule has 1 N–H and O–H groups in total. The molecule has 0 saturated carbocycles. The number of hydrogen-bond acceptors (Lipinski definition) is 4. The van der Waals surface area contributed by atoms with Gasteiger partial charge in [0.15, 0.2) is 0 Å². The molecule has 2 aromatic rings. The molecular formula is C19H24N4O. The van der Waals surface area contributed by atoms with Gasteiger partial charge in [0.2, 0.25) is 5.95 Å². The molecule has 0 unspecified atom stereocenters. The van der Waals surface area contributed by atoms with Crippen molar-refractivity contribution >= 4 is 17.5 Å². The molecule has 24 heavy (non-hydrogen) atoms. The summed E-state index contributed by atoms with van der Waals surface area (Å²) in [7, 11) is 0. The number of amides is 1. The molecule has 5 heteroatoms. The quantitative estimate of drug-likeness (QED) is 0.935. The van der Waals surface area contributed by atoms with Gasteiger partial charge in [-0.15, -0.1) is 0 Å². The molecule has 0 atom stereocenters. The molecule has 0 spiro atoms. The van der Waals surface area contributed by atoms with Crippen LogP contribution in [0, 0.1) is 19.8 Å². The maximum absolute atomic E-state index is 12.5. The van der Waals surface area contributed by atoms with E-state index in [1.165, 1.54) is 5.56 Å². The summed E-state index contributed by atoms with van der Waals surface area (Å²) in [4.78, 5) is 23.0. The van der Waals surface area contributed by atoms with E-state index in [1.807, 2.05) is 24.0 Å². The number of carbonyl (C=O) groups excluding carboxylic acids is 1. The second kappa shape index (κ2) is 6.99. The van der Waals surface area contributed by atoms with Gasteiger partial charge in [-0.1, -0.05) is 24.6 Å². The van der Waals surface area contributed by atoms with Crippen molar-refractivity contribution in [3.8, 4) is 0 Å². The Morgan fingerprint density at radius 3 is 2.46 bits per heavy atom. The van der Waals surface area contributed by atoms with Crippen molar-refractivity contribution in [2.45, 2.75) is 33.6 Å². The summed E-state index contributed by atoms with van der Waals surface area (Å²) in [6, 6.07) is 6.17. The van der Waals surface area contributed by atoms with E-state index in [0.717, 1.165) is 37.2 Å². The van der Waals surface area contributed by atoms with E-state index >= 15 is 0 Å². The number of anilines is 2. The van der Waals surface area contributed by atoms with Crippen molar-refractivity contribution in [1.29, 1.82) is 0 Å². The Hall–Kier alpha value is -2.43. The lowest BCUT2D eigenvalue weighted by Crippen LogP contribution is -2.38. The number of aryl methyl sites for hydroxylation is 2. The van der Waals surface area contributed by atoms with Gasteiger partial charge in [-0.25, -0.2) is 9.97 Å². The first-order valence-corrected chi connectivity index (χ1v) is 8.48. The number of benzene rings is 1. The molecule has 0 aliphatic carbocycles. The molecule has 2 heterocycles. The third-order valence-corrected chi connectivity index (χ3v) is 4.60. The van der Waals surface area contributed by atoms with Crippen LogP contribution < -0.4 is 5.32 Å². The molecule has 5 nitrogen and oxygen atoms in total. The van der Waals surface area contributed by atoms with E-state index < -0.39 is 0 Å². The summed E-state index contributed by atoms with van der Waals surface area (Å²) in [5.41, 5.74) is 3.89. The fraction of sp³-hybridized carbons (Fsp3) is 0.421. The van der Waals surface area contributed by atoms with Crippen LogP contribution in [0.15, 0.2) is 30.6 Å². The van der Waals surface area contributed by atoms with Crippen LogP contribution in [0.4, 0.5) is 11.6 Å². The zero-order chi connectivity index (χ0) is 17.1. The second-order valence-corrected chi connectivity index (χ2v) is 6.71. The first kappa shape index (κ1) is 16.4. The van der Waals surface area contributed by atoms with Gasteiger partial charge >= 0.3 is 0 Å². The Balaban J connectivity index is 1.68. The molecule has 0 radical (unpaired) electrons. The summed E-state index contributed by atoms with van der Waals surface area (Å²) in [5, 5.41) is 3.20. The van der Waals surface area contributed by atoms with Crippen molar-refractivity contribution in [1.82, 2.24) is 14.9 Å². The summed E-state index contributed by atoms with van der Waals surface area (Å²) < 4.78 is 0. The van der Waals surface area contributed by atoms with Crippen LogP contribution in [0.3, 0.4) is 0 Å². The Kier molecular flexibility index (Phi) is 4.79. The number of aromatic nitrogens is 2. The Bertz CT molecular complexity index is 719. The van der Waals surface area contributed by atoms with E-state index in [9.17, 15) is 4.79 Å². The van der Waals surface area contributed by atoms with Gasteiger partial charge in [-0.05, 0) is 44.2 Å². The first-order chi connectivity index (χ1) is 11.5. The van der Waals surface area contributed by atoms with Gasteiger partial charge in [0, 0.05) is 31.2 Å². The van der Waals surface area contributed by atoms with Crippen LogP contribution in [-0.4, -0.2) is 33.9 Å². The molecular weight excluding hydrogens is 300 g/mol. The molecule has 126 valence electrons. The van der Waals surface area contributed by atoms with Crippen LogP contribution in [0.1, 0.15) is 41.3 Å². The number of hydrogen-bond donors (Lipinski definition) is 1. The molecule has 1 aromatic carbocycles. The molecule has 1 fully saturated rings. The van der Waals surface area contributed by atoms with E-state index in [4.69, 9.17) is 0 Å². The molecule has 1 aliphatic heterocycles. The first-order valence-electron chi connectivity index (χ1n) is 8.48. The Labute approximate surface area is 143 Å². The van der Waals surface area contributed by atoms with E-state index in [2.05, 4.69) is 35.2 Å². The highest BCUT2D eigenvalue weighted by atomic mass is 16.2. The normalized spacial score (nSPS) is 15.4. The molecule has 0 bridgehead atoms. The van der Waals surface area contributed by atoms with Crippen molar-refractivity contribution < 1.29 is 4.79 Å². The second-order valence-electron chi connectivity index (χ2n) is 6.71. The summed E-state index contributed by atoms with van der Waals surface area (Å²) in [6.45, 7) is 7.99. The number of nitrogens with zero attached hydrogens (tertiary/aromatic N) is 3. The van der Waals surface area contributed by atoms with E-state index in [1.54, 1.807) is 12.4 Å². The summed E-state index contributed by atoms with van der Waals surface area (Å²) >= 11 is 0. The number of piperidine rings is 1. The smallest absolute Gasteiger partial charge is 0.256 e. The predicted molar refractivity (Wildman–Crippen MR) is 95.5 cm³/mol. The lowest BCUT2D eigenvalue weighted by molar-refractivity contribution is 0.0696. The third kappa shape index (κ3) is 3.72. The largest absolute Gasteiger partial charge is 0.339 e. The van der Waals surface area contributed by atoms with Crippen molar-refractivity contribution in [2.24, 2.45) is 5.92 Å². The monoisotopic (exact) mass is 324 g/mol. The maximum Gasteiger partial charge on any atom is 0.256 e. The summed E-state index contributed by atoms with van der Waals surface area (Å²) in [6.07, 6.45) is 5.36. The topological polar surface area (TPSA) is 58.1 Å². The van der Waals surface area contributed by atoms with Gasteiger partial charge in [0.25, 0.3) is 5.91 Å². The molecule has 1 saturated heterocycles. The van der Waals surface area contributed by atoms with Crippen molar-refractivity contribution in [3.05, 3.63) is 47.3 Å². The zero-order valence-electron chi connectivity index (χ0n) is 14.5. The predicted octanol–water partition coefficient (Wildman–Crippen LogP) is 3.71. The van der Waals surface area contributed by atoms with Gasteiger partial charge in [0.05, 0.1) is 5.56 Å². The van der Waals surface area contributed by atoms with Crippen molar-refractivity contribution in [3.63, 3.8) is 0 Å². The van der Waals surface area contributed by atoms with E-state index in [0.29, 0.717) is 17.4 Å². The Morgan fingerprint density at radius 2 is 1.83 bits per heavy atom. The van der Waals surface area contributed by atoms with E-state index in [-0.39, 0.29) is 5.91 Å². The Morgan fingerprint density at radius 1 is 1.17 bits per heavy atom. The molecule has 1 amide bonds. The minimum absolute atomic E-state index is 0.0277. The fourth-order valence-corrected chi connectivity index (χ4v) is 2.97. The maximum atomic E-state index is 12.5. The highest BCUT2D eigenvalue weighted by molar-refractivity contribution is 5.93. The van der Waals surface area contributed by atoms with Crippen LogP contribution in [-0.2, 0) is 0 Å². The van der Waals surface area contributed by atoms with Gasteiger partial charge in [-0.2, -0.15) is 0 Å². The van der Waals surface area contributed by atoms with Crippen molar-refractivity contribution in [2.75, 3.05) is 18.4 Å². The lowest BCUT2D eigenvalue weighted by atomic mass is 9.99. The minimum atomic E-state index is 0.0277. The average Bonchev–Trinajstić information content (AvgIpc) is 2.58. The van der Waals surface area contributed by atoms with Crippen LogP contribution in [0.2, 0.25) is 0 Å². The fourth-order valence-electron chi connectivity index (χ4n) is 2.97. The van der Waals surface area contributed by atoms with Gasteiger partial charge < -0.3 is 10.2 Å². The van der Waals surface area contributed by atoms with Crippen LogP contribution in [0.25, 0.3) is 0 Å². The number of nitrogens with one attached hydrogen (secondary N) is 1. The third-order valence-electron chi connectivity index (χ3n) is 4.60. The van der Waals surface area contributed by atoms with Crippen LogP contribution in [0.5, 0.6) is 0 Å². The lowest BCUT2D eigenvalue weighted by Gasteiger charge is -2.30. The number of carbonyl (C=O) groups is 1. The minimum Gasteiger partial charge on any atom is -0.339 e. The van der Waals surface area contributed by atoms with Gasteiger partial charge in [-0.3, -0.25) is 4.79 Å². The van der Waals surface area contributed by atoms with Gasteiger partial charge in [0.1, 0.15) is 0 Å².